The van der Waals surface area contributed by atoms with Crippen molar-refractivity contribution >= 4 is 11.6 Å². The lowest BCUT2D eigenvalue weighted by Crippen LogP contribution is -2.50. The molecule has 5 nitrogen and oxygen atoms in total. The maximum absolute atomic E-state index is 13.5. The van der Waals surface area contributed by atoms with Gasteiger partial charge >= 0.3 is 0 Å². The predicted molar refractivity (Wildman–Crippen MR) is 135 cm³/mol. The van der Waals surface area contributed by atoms with Gasteiger partial charge in [0.1, 0.15) is 11.6 Å². The van der Waals surface area contributed by atoms with E-state index in [1.165, 1.54) is 24.3 Å². The van der Waals surface area contributed by atoms with Crippen LogP contribution < -0.4 is 10.2 Å². The molecule has 3 aromatic rings. The van der Waals surface area contributed by atoms with E-state index in [4.69, 9.17) is 0 Å². The SMILES string of the molecule is CN(C)c1ccc(CNC(=O)CN2CCN(C(c3ccc(F)cc3)c3ccc(F)cc3)CC2)cc1. The lowest BCUT2D eigenvalue weighted by Gasteiger charge is -2.39. The zero-order chi connectivity index (χ0) is 24.8. The number of anilines is 1. The molecule has 0 bridgehead atoms. The van der Waals surface area contributed by atoms with Gasteiger partial charge in [-0.15, -0.1) is 0 Å². The summed E-state index contributed by atoms with van der Waals surface area (Å²) in [6, 6.07) is 21.0. The van der Waals surface area contributed by atoms with E-state index in [0.29, 0.717) is 13.1 Å². The minimum absolute atomic E-state index is 0.00348. The summed E-state index contributed by atoms with van der Waals surface area (Å²) in [6.45, 7) is 3.83. The first-order valence-electron chi connectivity index (χ1n) is 11.9. The first-order valence-corrected chi connectivity index (χ1v) is 11.9. The first-order chi connectivity index (χ1) is 16.9. The van der Waals surface area contributed by atoms with Gasteiger partial charge in [0.25, 0.3) is 0 Å². The largest absolute Gasteiger partial charge is 0.378 e. The van der Waals surface area contributed by atoms with Gasteiger partial charge in [0, 0.05) is 52.5 Å². The summed E-state index contributed by atoms with van der Waals surface area (Å²) in [7, 11) is 4.00. The zero-order valence-electron chi connectivity index (χ0n) is 20.3. The maximum atomic E-state index is 13.5. The molecule has 184 valence electrons. The molecule has 1 saturated heterocycles. The van der Waals surface area contributed by atoms with Crippen LogP contribution in [0.5, 0.6) is 0 Å². The highest BCUT2D eigenvalue weighted by Gasteiger charge is 2.27. The van der Waals surface area contributed by atoms with Crippen LogP contribution in [0.3, 0.4) is 0 Å². The molecule has 1 N–H and O–H groups in total. The van der Waals surface area contributed by atoms with Crippen LogP contribution in [-0.2, 0) is 11.3 Å². The molecule has 1 aliphatic heterocycles. The normalized spacial score (nSPS) is 14.8. The molecule has 0 atom stereocenters. The van der Waals surface area contributed by atoms with E-state index < -0.39 is 0 Å². The number of halogens is 2. The second kappa shape index (κ2) is 11.4. The summed E-state index contributed by atoms with van der Waals surface area (Å²) in [6.07, 6.45) is 0. The smallest absolute Gasteiger partial charge is 0.234 e. The molecule has 0 saturated carbocycles. The molecule has 0 unspecified atom stereocenters. The number of nitrogens with zero attached hydrogens (tertiary/aromatic N) is 3. The second-order valence-corrected chi connectivity index (χ2v) is 9.16. The third-order valence-electron chi connectivity index (χ3n) is 6.45. The Morgan fingerprint density at radius 2 is 1.34 bits per heavy atom. The van der Waals surface area contributed by atoms with E-state index in [-0.39, 0.29) is 23.6 Å². The predicted octanol–water partition coefficient (Wildman–Crippen LogP) is 4.05. The van der Waals surface area contributed by atoms with E-state index >= 15 is 0 Å². The van der Waals surface area contributed by atoms with E-state index in [0.717, 1.165) is 48.6 Å². The fraction of sp³-hybridized carbons (Fsp3) is 0.321. The van der Waals surface area contributed by atoms with Crippen molar-refractivity contribution in [3.8, 4) is 0 Å². The fourth-order valence-electron chi connectivity index (χ4n) is 4.46. The molecule has 0 aromatic heterocycles. The quantitative estimate of drug-likeness (QED) is 0.530. The van der Waals surface area contributed by atoms with Gasteiger partial charge in [-0.25, -0.2) is 8.78 Å². The lowest BCUT2D eigenvalue weighted by atomic mass is 9.96. The van der Waals surface area contributed by atoms with Gasteiger partial charge in [0.05, 0.1) is 12.6 Å². The van der Waals surface area contributed by atoms with Crippen molar-refractivity contribution in [3.63, 3.8) is 0 Å². The molecule has 4 rings (SSSR count). The Labute approximate surface area is 206 Å². The molecule has 0 spiro atoms. The van der Waals surface area contributed by atoms with E-state index in [9.17, 15) is 13.6 Å². The summed E-state index contributed by atoms with van der Waals surface area (Å²) in [5, 5.41) is 3.01. The van der Waals surface area contributed by atoms with Crippen molar-refractivity contribution in [2.75, 3.05) is 51.7 Å². The summed E-state index contributed by atoms with van der Waals surface area (Å²) in [4.78, 5) is 19.0. The highest BCUT2D eigenvalue weighted by molar-refractivity contribution is 5.78. The maximum Gasteiger partial charge on any atom is 0.234 e. The molecular weight excluding hydrogens is 446 g/mol. The Morgan fingerprint density at radius 1 is 0.829 bits per heavy atom. The van der Waals surface area contributed by atoms with Crippen molar-refractivity contribution < 1.29 is 13.6 Å². The van der Waals surface area contributed by atoms with Crippen molar-refractivity contribution in [3.05, 3.63) is 101 Å². The molecular formula is C28H32F2N4O. The Morgan fingerprint density at radius 3 is 1.83 bits per heavy atom. The summed E-state index contributed by atoms with van der Waals surface area (Å²) >= 11 is 0. The number of piperazine rings is 1. The van der Waals surface area contributed by atoms with Crippen molar-refractivity contribution in [1.29, 1.82) is 0 Å². The Kier molecular flexibility index (Phi) is 8.10. The van der Waals surface area contributed by atoms with Crippen LogP contribution in [0.2, 0.25) is 0 Å². The van der Waals surface area contributed by atoms with Crippen molar-refractivity contribution in [2.45, 2.75) is 12.6 Å². The van der Waals surface area contributed by atoms with Crippen LogP contribution in [0, 0.1) is 11.6 Å². The third-order valence-corrected chi connectivity index (χ3v) is 6.45. The number of benzene rings is 3. The number of amides is 1. The van der Waals surface area contributed by atoms with Gasteiger partial charge in [-0.3, -0.25) is 14.6 Å². The van der Waals surface area contributed by atoms with E-state index in [1.54, 1.807) is 24.3 Å². The molecule has 3 aromatic carbocycles. The van der Waals surface area contributed by atoms with Crippen LogP contribution in [-0.4, -0.2) is 62.5 Å². The van der Waals surface area contributed by atoms with Crippen molar-refractivity contribution in [2.24, 2.45) is 0 Å². The van der Waals surface area contributed by atoms with Gasteiger partial charge in [-0.2, -0.15) is 0 Å². The molecule has 1 aliphatic rings. The van der Waals surface area contributed by atoms with Gasteiger partial charge in [0.2, 0.25) is 5.91 Å². The third kappa shape index (κ3) is 6.65. The number of nitrogens with one attached hydrogen (secondary N) is 1. The number of hydrogen-bond acceptors (Lipinski definition) is 4. The molecule has 7 heteroatoms. The summed E-state index contributed by atoms with van der Waals surface area (Å²) < 4.78 is 27.1. The van der Waals surface area contributed by atoms with E-state index in [2.05, 4.69) is 15.1 Å². The second-order valence-electron chi connectivity index (χ2n) is 9.16. The molecule has 1 fully saturated rings. The van der Waals surface area contributed by atoms with Crippen LogP contribution >= 0.6 is 0 Å². The van der Waals surface area contributed by atoms with Gasteiger partial charge < -0.3 is 10.2 Å². The highest BCUT2D eigenvalue weighted by atomic mass is 19.1. The average Bonchev–Trinajstić information content (AvgIpc) is 2.86. The minimum Gasteiger partial charge on any atom is -0.378 e. The van der Waals surface area contributed by atoms with Gasteiger partial charge in [0.15, 0.2) is 0 Å². The molecule has 0 radical (unpaired) electrons. The molecule has 1 heterocycles. The Hall–Kier alpha value is -3.29. The standard InChI is InChI=1S/C28H32F2N4O/c1-32(2)26-13-3-21(4-14-26)19-31-27(35)20-33-15-17-34(18-16-33)28(22-5-9-24(29)10-6-22)23-7-11-25(30)12-8-23/h3-14,28H,15-20H2,1-2H3,(H,31,35). The molecule has 35 heavy (non-hydrogen) atoms. The topological polar surface area (TPSA) is 38.8 Å². The number of rotatable bonds is 8. The van der Waals surface area contributed by atoms with Crippen LogP contribution in [0.4, 0.5) is 14.5 Å². The minimum atomic E-state index is -0.281. The van der Waals surface area contributed by atoms with Gasteiger partial charge in [-0.1, -0.05) is 36.4 Å². The van der Waals surface area contributed by atoms with Crippen LogP contribution in [0.25, 0.3) is 0 Å². The number of carbonyl (C=O) groups is 1. The first kappa shape index (κ1) is 24.8. The average molecular weight is 479 g/mol. The number of carbonyl (C=O) groups excluding carboxylic acids is 1. The summed E-state index contributed by atoms with van der Waals surface area (Å²) in [5.41, 5.74) is 4.11. The monoisotopic (exact) mass is 478 g/mol. The van der Waals surface area contributed by atoms with E-state index in [1.807, 2.05) is 43.3 Å². The fourth-order valence-corrected chi connectivity index (χ4v) is 4.46. The zero-order valence-corrected chi connectivity index (χ0v) is 20.3. The highest BCUT2D eigenvalue weighted by Crippen LogP contribution is 2.30. The molecule has 1 amide bonds. The van der Waals surface area contributed by atoms with Gasteiger partial charge in [-0.05, 0) is 53.1 Å². The van der Waals surface area contributed by atoms with Crippen LogP contribution in [0.1, 0.15) is 22.7 Å². The number of hydrogen-bond donors (Lipinski definition) is 1. The Bertz CT molecular complexity index is 1050. The van der Waals surface area contributed by atoms with Crippen LogP contribution in [0.15, 0.2) is 72.8 Å². The lowest BCUT2D eigenvalue weighted by molar-refractivity contribution is -0.122. The Balaban J connectivity index is 1.33. The molecule has 0 aliphatic carbocycles. The van der Waals surface area contributed by atoms with Crippen molar-refractivity contribution in [1.82, 2.24) is 15.1 Å². The summed E-state index contributed by atoms with van der Waals surface area (Å²) in [5.74, 6) is -0.559.